The molecule has 0 saturated carbocycles. The zero-order valence-electron chi connectivity index (χ0n) is 22.2. The number of piperidine rings is 1. The number of nitriles is 1. The predicted molar refractivity (Wildman–Crippen MR) is 153 cm³/mol. The maximum atomic E-state index is 12.1. The monoisotopic (exact) mass is 557 g/mol. The van der Waals surface area contributed by atoms with Crippen LogP contribution in [0, 0.1) is 11.3 Å². The topological polar surface area (TPSA) is 123 Å². The Morgan fingerprint density at radius 2 is 1.65 bits per heavy atom. The number of para-hydroxylation sites is 1. The molecule has 4 aromatic rings. The molecule has 5 rings (SSSR count). The summed E-state index contributed by atoms with van der Waals surface area (Å²) >= 11 is 0. The smallest absolute Gasteiger partial charge is 0.264 e. The van der Waals surface area contributed by atoms with Crippen molar-refractivity contribution in [2.75, 3.05) is 31.7 Å². The molecule has 40 heavy (non-hydrogen) atoms. The second-order valence-electron chi connectivity index (χ2n) is 10.1. The first-order chi connectivity index (χ1) is 19.3. The van der Waals surface area contributed by atoms with E-state index in [0.717, 1.165) is 24.8 Å². The molecule has 0 radical (unpaired) electrons. The van der Waals surface area contributed by atoms with Crippen LogP contribution in [0.4, 0.5) is 5.82 Å². The summed E-state index contributed by atoms with van der Waals surface area (Å²) in [5.41, 5.74) is 8.17. The summed E-state index contributed by atoms with van der Waals surface area (Å²) in [4.78, 5) is 2.24. The molecule has 0 aliphatic carbocycles. The van der Waals surface area contributed by atoms with Crippen LogP contribution in [0.25, 0.3) is 11.3 Å². The fraction of sp³-hybridized carbons (Fsp3) is 0.267. The SMILES string of the molecule is CS(=O)(=O)OCC1(n2nc(-c3ccc(Oc4ccccc4)cc3)c(C#N)c2N)CCCN(Cc2ccccc2)C1. The van der Waals surface area contributed by atoms with Crippen molar-refractivity contribution in [2.45, 2.75) is 24.9 Å². The summed E-state index contributed by atoms with van der Waals surface area (Å²) in [6.45, 7) is 1.83. The van der Waals surface area contributed by atoms with Gasteiger partial charge in [-0.1, -0.05) is 48.5 Å². The van der Waals surface area contributed by atoms with Crippen LogP contribution in [0.15, 0.2) is 84.9 Å². The largest absolute Gasteiger partial charge is 0.457 e. The van der Waals surface area contributed by atoms with Crippen molar-refractivity contribution < 1.29 is 17.3 Å². The van der Waals surface area contributed by atoms with E-state index in [1.54, 1.807) is 4.68 Å². The van der Waals surface area contributed by atoms with Gasteiger partial charge in [-0.15, -0.1) is 0 Å². The molecule has 9 nitrogen and oxygen atoms in total. The molecule has 206 valence electrons. The molecule has 1 aliphatic heterocycles. The number of benzene rings is 3. The van der Waals surface area contributed by atoms with Gasteiger partial charge in [0.2, 0.25) is 0 Å². The van der Waals surface area contributed by atoms with Gasteiger partial charge in [-0.3, -0.25) is 9.08 Å². The van der Waals surface area contributed by atoms with Gasteiger partial charge in [0, 0.05) is 18.7 Å². The van der Waals surface area contributed by atoms with E-state index < -0.39 is 15.7 Å². The van der Waals surface area contributed by atoms with Crippen molar-refractivity contribution in [3.63, 3.8) is 0 Å². The maximum Gasteiger partial charge on any atom is 0.264 e. The molecule has 2 heterocycles. The fourth-order valence-electron chi connectivity index (χ4n) is 5.16. The second-order valence-corrected chi connectivity index (χ2v) is 11.7. The molecule has 1 saturated heterocycles. The van der Waals surface area contributed by atoms with Gasteiger partial charge in [-0.05, 0) is 61.3 Å². The number of ether oxygens (including phenoxy) is 1. The lowest BCUT2D eigenvalue weighted by molar-refractivity contribution is 0.0416. The number of nitrogens with two attached hydrogens (primary N) is 1. The van der Waals surface area contributed by atoms with E-state index in [2.05, 4.69) is 23.1 Å². The van der Waals surface area contributed by atoms with Crippen molar-refractivity contribution in [3.05, 3.63) is 96.1 Å². The molecule has 0 spiro atoms. The molecular weight excluding hydrogens is 526 g/mol. The lowest BCUT2D eigenvalue weighted by Crippen LogP contribution is -2.53. The van der Waals surface area contributed by atoms with E-state index >= 15 is 0 Å². The van der Waals surface area contributed by atoms with Crippen LogP contribution < -0.4 is 10.5 Å². The predicted octanol–water partition coefficient (Wildman–Crippen LogP) is 4.76. The number of aromatic nitrogens is 2. The van der Waals surface area contributed by atoms with E-state index in [-0.39, 0.29) is 18.0 Å². The zero-order valence-corrected chi connectivity index (χ0v) is 23.0. The molecule has 1 fully saturated rings. The lowest BCUT2D eigenvalue weighted by Gasteiger charge is -2.43. The molecule has 3 aromatic carbocycles. The van der Waals surface area contributed by atoms with Gasteiger partial charge in [-0.25, -0.2) is 4.68 Å². The van der Waals surface area contributed by atoms with E-state index in [4.69, 9.17) is 19.8 Å². The van der Waals surface area contributed by atoms with Gasteiger partial charge in [0.15, 0.2) is 0 Å². The van der Waals surface area contributed by atoms with Gasteiger partial charge < -0.3 is 10.5 Å². The van der Waals surface area contributed by atoms with Crippen LogP contribution in [-0.2, 0) is 26.4 Å². The number of hydrogen-bond donors (Lipinski definition) is 1. The molecule has 0 bridgehead atoms. The van der Waals surface area contributed by atoms with E-state index in [9.17, 15) is 13.7 Å². The van der Waals surface area contributed by atoms with Crippen molar-refractivity contribution >= 4 is 15.9 Å². The second kappa shape index (κ2) is 11.5. The first-order valence-corrected chi connectivity index (χ1v) is 14.8. The quantitative estimate of drug-likeness (QED) is 0.292. The molecule has 1 aromatic heterocycles. The van der Waals surface area contributed by atoms with Crippen molar-refractivity contribution in [3.8, 4) is 28.8 Å². The first kappa shape index (κ1) is 27.4. The number of nitrogen functional groups attached to an aromatic ring is 1. The molecule has 1 unspecified atom stereocenters. The molecule has 10 heteroatoms. The average Bonchev–Trinajstić information content (AvgIpc) is 3.30. The minimum atomic E-state index is -3.73. The standard InChI is InChI=1S/C30H31N5O4S/c1-40(36,37)38-22-30(17-8-18-34(21-30)20-23-9-4-2-5-10-23)35-29(32)27(19-31)28(33-35)24-13-15-26(16-14-24)39-25-11-6-3-7-12-25/h2-7,9-16H,8,17-18,20-22,32H2,1H3. The molecule has 0 amide bonds. The minimum Gasteiger partial charge on any atom is -0.457 e. The Hall–Kier alpha value is -4.17. The number of rotatable bonds is 9. The van der Waals surface area contributed by atoms with Crippen LogP contribution in [0.1, 0.15) is 24.0 Å². The lowest BCUT2D eigenvalue weighted by atomic mass is 9.89. The Balaban J connectivity index is 1.49. The summed E-state index contributed by atoms with van der Waals surface area (Å²) < 4.78 is 37.0. The Labute approximate surface area is 234 Å². The van der Waals surface area contributed by atoms with Gasteiger partial charge in [0.1, 0.15) is 40.2 Å². The Morgan fingerprint density at radius 1 is 1.00 bits per heavy atom. The molecule has 1 aliphatic rings. The van der Waals surface area contributed by atoms with Crippen LogP contribution in [0.5, 0.6) is 11.5 Å². The number of anilines is 1. The number of likely N-dealkylation sites (tertiary alicyclic amines) is 1. The third kappa shape index (κ3) is 6.18. The zero-order chi connectivity index (χ0) is 28.2. The Kier molecular flexibility index (Phi) is 7.89. The summed E-state index contributed by atoms with van der Waals surface area (Å²) in [5.74, 6) is 1.54. The van der Waals surface area contributed by atoms with Crippen LogP contribution in [-0.4, -0.2) is 49.1 Å². The van der Waals surface area contributed by atoms with Crippen LogP contribution in [0.3, 0.4) is 0 Å². The van der Waals surface area contributed by atoms with Crippen molar-refractivity contribution in [1.29, 1.82) is 5.26 Å². The summed E-state index contributed by atoms with van der Waals surface area (Å²) in [6.07, 6.45) is 2.40. The highest BCUT2D eigenvalue weighted by Gasteiger charge is 2.42. The normalized spacial score (nSPS) is 17.8. The fourth-order valence-corrected chi connectivity index (χ4v) is 5.60. The van der Waals surface area contributed by atoms with Gasteiger partial charge in [-0.2, -0.15) is 18.8 Å². The number of hydrogen-bond acceptors (Lipinski definition) is 8. The van der Waals surface area contributed by atoms with E-state index in [1.807, 2.05) is 72.8 Å². The van der Waals surface area contributed by atoms with Gasteiger partial charge in [0.05, 0.1) is 12.9 Å². The van der Waals surface area contributed by atoms with Crippen molar-refractivity contribution in [1.82, 2.24) is 14.7 Å². The average molecular weight is 558 g/mol. The van der Waals surface area contributed by atoms with E-state index in [0.29, 0.717) is 42.3 Å². The van der Waals surface area contributed by atoms with Crippen LogP contribution >= 0.6 is 0 Å². The Bertz CT molecular complexity index is 1600. The maximum absolute atomic E-state index is 12.1. The Morgan fingerprint density at radius 3 is 2.30 bits per heavy atom. The van der Waals surface area contributed by atoms with Crippen LogP contribution in [0.2, 0.25) is 0 Å². The highest BCUT2D eigenvalue weighted by atomic mass is 32.2. The molecule has 1 atom stereocenters. The highest BCUT2D eigenvalue weighted by Crippen LogP contribution is 2.37. The summed E-state index contributed by atoms with van der Waals surface area (Å²) in [5, 5.41) is 14.9. The third-order valence-corrected chi connectivity index (χ3v) is 7.56. The third-order valence-electron chi connectivity index (χ3n) is 7.01. The molecule has 2 N–H and O–H groups in total. The summed E-state index contributed by atoms with van der Waals surface area (Å²) in [6, 6.07) is 29.0. The summed E-state index contributed by atoms with van der Waals surface area (Å²) in [7, 11) is -3.73. The van der Waals surface area contributed by atoms with E-state index in [1.165, 1.54) is 0 Å². The molecular formula is C30H31N5O4S. The number of nitrogens with zero attached hydrogens (tertiary/aromatic N) is 4. The van der Waals surface area contributed by atoms with Gasteiger partial charge in [0.25, 0.3) is 10.1 Å². The highest BCUT2D eigenvalue weighted by molar-refractivity contribution is 7.85. The van der Waals surface area contributed by atoms with Crippen molar-refractivity contribution in [2.24, 2.45) is 0 Å². The van der Waals surface area contributed by atoms with Gasteiger partial charge >= 0.3 is 0 Å². The first-order valence-electron chi connectivity index (χ1n) is 13.0. The minimum absolute atomic E-state index is 0.142.